The van der Waals surface area contributed by atoms with Gasteiger partial charge in [0.05, 0.1) is 4.90 Å². The number of halogens is 1. The second kappa shape index (κ2) is 5.91. The Kier molecular flexibility index (Phi) is 4.66. The zero-order chi connectivity index (χ0) is 14.0. The van der Waals surface area contributed by atoms with Crippen LogP contribution >= 0.6 is 15.9 Å². The molecule has 0 bridgehead atoms. The van der Waals surface area contributed by atoms with Gasteiger partial charge in [-0.05, 0) is 60.4 Å². The van der Waals surface area contributed by atoms with E-state index in [9.17, 15) is 8.42 Å². The van der Waals surface area contributed by atoms with Crippen molar-refractivity contribution in [2.45, 2.75) is 30.7 Å². The van der Waals surface area contributed by atoms with Gasteiger partial charge >= 0.3 is 0 Å². The number of benzene rings is 1. The number of sulfonamides is 1. The molecule has 1 aromatic carbocycles. The summed E-state index contributed by atoms with van der Waals surface area (Å²) in [6.45, 7) is 3.04. The Morgan fingerprint density at radius 1 is 1.42 bits per heavy atom. The molecule has 0 spiro atoms. The summed E-state index contributed by atoms with van der Waals surface area (Å²) >= 11 is 3.34. The van der Waals surface area contributed by atoms with Crippen molar-refractivity contribution in [3.05, 3.63) is 28.2 Å². The number of rotatable bonds is 3. The fourth-order valence-corrected chi connectivity index (χ4v) is 4.88. The molecule has 0 amide bonds. The normalized spacial score (nSPS) is 21.5. The lowest BCUT2D eigenvalue weighted by molar-refractivity contribution is 0.292. The van der Waals surface area contributed by atoms with Crippen LogP contribution in [0.4, 0.5) is 0 Å². The molecular formula is C13H19BrN2O2S. The Labute approximate surface area is 123 Å². The maximum absolute atomic E-state index is 12.7. The maximum Gasteiger partial charge on any atom is 0.244 e. The van der Waals surface area contributed by atoms with Gasteiger partial charge in [0, 0.05) is 23.6 Å². The second-order valence-corrected chi connectivity index (χ2v) is 7.69. The predicted molar refractivity (Wildman–Crippen MR) is 79.7 cm³/mol. The first-order valence-electron chi connectivity index (χ1n) is 6.38. The van der Waals surface area contributed by atoms with E-state index in [1.54, 1.807) is 16.4 Å². The molecule has 1 fully saturated rings. The number of hydrogen-bond acceptors (Lipinski definition) is 3. The van der Waals surface area contributed by atoms with Crippen molar-refractivity contribution in [3.63, 3.8) is 0 Å². The molecule has 0 saturated carbocycles. The van der Waals surface area contributed by atoms with Gasteiger partial charge in [-0.25, -0.2) is 8.42 Å². The number of nitrogens with one attached hydrogen (secondary N) is 1. The van der Waals surface area contributed by atoms with Gasteiger partial charge < -0.3 is 5.32 Å². The molecule has 4 nitrogen and oxygen atoms in total. The summed E-state index contributed by atoms with van der Waals surface area (Å²) in [5.74, 6) is 0. The fourth-order valence-electron chi connectivity index (χ4n) is 2.34. The van der Waals surface area contributed by atoms with Crippen LogP contribution in [0, 0.1) is 6.92 Å². The molecule has 1 saturated heterocycles. The zero-order valence-corrected chi connectivity index (χ0v) is 13.6. The van der Waals surface area contributed by atoms with E-state index in [0.717, 1.165) is 18.4 Å². The number of piperidine rings is 1. The van der Waals surface area contributed by atoms with Crippen molar-refractivity contribution in [1.29, 1.82) is 0 Å². The highest BCUT2D eigenvalue weighted by atomic mass is 79.9. The third kappa shape index (κ3) is 3.18. The fraction of sp³-hybridized carbons (Fsp3) is 0.538. The quantitative estimate of drug-likeness (QED) is 0.911. The van der Waals surface area contributed by atoms with Gasteiger partial charge in [0.1, 0.15) is 0 Å². The first kappa shape index (κ1) is 15.0. The molecule has 2 rings (SSSR count). The minimum Gasteiger partial charge on any atom is -0.316 e. The molecule has 0 aliphatic carbocycles. The van der Waals surface area contributed by atoms with Gasteiger partial charge in [0.15, 0.2) is 0 Å². The Bertz CT molecular complexity index is 560. The minimum absolute atomic E-state index is 0.243. The first-order valence-corrected chi connectivity index (χ1v) is 8.62. The largest absolute Gasteiger partial charge is 0.316 e. The number of hydrogen-bond donors (Lipinski definition) is 1. The van der Waals surface area contributed by atoms with E-state index in [-0.39, 0.29) is 6.04 Å². The van der Waals surface area contributed by atoms with E-state index in [1.807, 2.05) is 20.0 Å². The van der Waals surface area contributed by atoms with E-state index >= 15 is 0 Å². The van der Waals surface area contributed by atoms with Gasteiger partial charge in [0.2, 0.25) is 10.0 Å². The smallest absolute Gasteiger partial charge is 0.244 e. The highest BCUT2D eigenvalue weighted by molar-refractivity contribution is 9.10. The predicted octanol–water partition coefficient (Wildman–Crippen LogP) is 2.13. The van der Waals surface area contributed by atoms with Crippen LogP contribution in [0.15, 0.2) is 27.6 Å². The van der Waals surface area contributed by atoms with Crippen LogP contribution in [0.2, 0.25) is 0 Å². The second-order valence-electron chi connectivity index (χ2n) is 4.92. The van der Waals surface area contributed by atoms with Crippen LogP contribution in [-0.4, -0.2) is 38.9 Å². The summed E-state index contributed by atoms with van der Waals surface area (Å²) in [6, 6.07) is 5.66. The van der Waals surface area contributed by atoms with Crippen LogP contribution in [0.5, 0.6) is 0 Å². The lowest BCUT2D eigenvalue weighted by atomic mass is 10.1. The molecule has 6 heteroatoms. The third-order valence-corrected chi connectivity index (χ3v) is 6.36. The molecular weight excluding hydrogens is 328 g/mol. The maximum atomic E-state index is 12.7. The van der Waals surface area contributed by atoms with Gasteiger partial charge in [0.25, 0.3) is 0 Å². The SMILES string of the molecule is CNC1CCCN(S(=O)(=O)c2cc(C)ccc2Br)C1. The summed E-state index contributed by atoms with van der Waals surface area (Å²) in [6.07, 6.45) is 1.92. The van der Waals surface area contributed by atoms with Crippen LogP contribution in [0.3, 0.4) is 0 Å². The van der Waals surface area contributed by atoms with Crippen LogP contribution in [-0.2, 0) is 10.0 Å². The molecule has 1 aromatic rings. The zero-order valence-electron chi connectivity index (χ0n) is 11.2. The summed E-state index contributed by atoms with van der Waals surface area (Å²) in [4.78, 5) is 0.365. The van der Waals surface area contributed by atoms with Crippen molar-refractivity contribution < 1.29 is 8.42 Å². The van der Waals surface area contributed by atoms with E-state index in [4.69, 9.17) is 0 Å². The van der Waals surface area contributed by atoms with Crippen LogP contribution in [0.1, 0.15) is 18.4 Å². The standard InChI is InChI=1S/C13H19BrN2O2S/c1-10-5-6-12(14)13(8-10)19(17,18)16-7-3-4-11(9-16)15-2/h5-6,8,11,15H,3-4,7,9H2,1-2H3. The van der Waals surface area contributed by atoms with Crippen molar-refractivity contribution in [2.24, 2.45) is 0 Å². The molecule has 106 valence electrons. The molecule has 19 heavy (non-hydrogen) atoms. The molecule has 0 radical (unpaired) electrons. The topological polar surface area (TPSA) is 49.4 Å². The van der Waals surface area contributed by atoms with Crippen LogP contribution in [0.25, 0.3) is 0 Å². The summed E-state index contributed by atoms with van der Waals surface area (Å²) in [5.41, 5.74) is 0.948. The van der Waals surface area contributed by atoms with Crippen molar-refractivity contribution in [3.8, 4) is 0 Å². The molecule has 1 unspecified atom stereocenters. The van der Waals surface area contributed by atoms with Gasteiger partial charge in [-0.2, -0.15) is 4.31 Å². The monoisotopic (exact) mass is 346 g/mol. The van der Waals surface area contributed by atoms with Crippen molar-refractivity contribution >= 4 is 26.0 Å². The first-order chi connectivity index (χ1) is 8.95. The summed E-state index contributed by atoms with van der Waals surface area (Å²) < 4.78 is 27.6. The number of aryl methyl sites for hydroxylation is 1. The van der Waals surface area contributed by atoms with Gasteiger partial charge in [-0.1, -0.05) is 6.07 Å². The van der Waals surface area contributed by atoms with Crippen LogP contribution < -0.4 is 5.32 Å². The molecule has 1 aliphatic heterocycles. The molecule has 1 N–H and O–H groups in total. The highest BCUT2D eigenvalue weighted by Crippen LogP contribution is 2.27. The van der Waals surface area contributed by atoms with Crippen molar-refractivity contribution in [2.75, 3.05) is 20.1 Å². The summed E-state index contributed by atoms with van der Waals surface area (Å²) in [7, 11) is -1.53. The number of likely N-dealkylation sites (N-methyl/N-ethyl adjacent to an activating group) is 1. The minimum atomic E-state index is -3.41. The molecule has 1 heterocycles. The average molecular weight is 347 g/mol. The average Bonchev–Trinajstić information content (AvgIpc) is 2.41. The molecule has 1 atom stereocenters. The van der Waals surface area contributed by atoms with E-state index in [0.29, 0.717) is 22.5 Å². The summed E-state index contributed by atoms with van der Waals surface area (Å²) in [5, 5.41) is 3.17. The van der Waals surface area contributed by atoms with E-state index in [2.05, 4.69) is 21.2 Å². The lowest BCUT2D eigenvalue weighted by Gasteiger charge is -2.32. The lowest BCUT2D eigenvalue weighted by Crippen LogP contribution is -2.46. The Balaban J connectivity index is 2.34. The molecule has 1 aliphatic rings. The Hall–Kier alpha value is -0.430. The third-order valence-electron chi connectivity index (χ3n) is 3.50. The van der Waals surface area contributed by atoms with Crippen molar-refractivity contribution in [1.82, 2.24) is 9.62 Å². The highest BCUT2D eigenvalue weighted by Gasteiger charge is 2.30. The van der Waals surface area contributed by atoms with E-state index in [1.165, 1.54) is 0 Å². The number of nitrogens with zero attached hydrogens (tertiary/aromatic N) is 1. The van der Waals surface area contributed by atoms with E-state index < -0.39 is 10.0 Å². The van der Waals surface area contributed by atoms with Gasteiger partial charge in [-0.15, -0.1) is 0 Å². The Morgan fingerprint density at radius 2 is 2.16 bits per heavy atom. The molecule has 0 aromatic heterocycles. The Morgan fingerprint density at radius 3 is 2.84 bits per heavy atom. The van der Waals surface area contributed by atoms with Gasteiger partial charge in [-0.3, -0.25) is 0 Å².